The van der Waals surface area contributed by atoms with E-state index in [-0.39, 0.29) is 5.92 Å². The number of hydrogen-bond acceptors (Lipinski definition) is 4. The zero-order valence-corrected chi connectivity index (χ0v) is 12.6. The smallest absolute Gasteiger partial charge is 0.150 e. The van der Waals surface area contributed by atoms with Crippen LogP contribution in [-0.2, 0) is 9.84 Å². The normalized spacial score (nSPS) is 22.0. The fourth-order valence-electron chi connectivity index (χ4n) is 2.12. The second kappa shape index (κ2) is 5.09. The number of nitrogen functional groups attached to an aromatic ring is 1. The van der Waals surface area contributed by atoms with Crippen molar-refractivity contribution in [3.63, 3.8) is 0 Å². The van der Waals surface area contributed by atoms with Crippen LogP contribution in [0.15, 0.2) is 16.6 Å². The van der Waals surface area contributed by atoms with Gasteiger partial charge >= 0.3 is 0 Å². The second-order valence-corrected chi connectivity index (χ2v) is 7.92. The molecule has 18 heavy (non-hydrogen) atoms. The third kappa shape index (κ3) is 3.17. The lowest BCUT2D eigenvalue weighted by molar-refractivity contribution is 0.596. The lowest BCUT2D eigenvalue weighted by Gasteiger charge is -2.14. The average molecular weight is 333 g/mol. The monoisotopic (exact) mass is 332 g/mol. The predicted octanol–water partition coefficient (Wildman–Crippen LogP) is 2.19. The number of anilines is 2. The number of sulfone groups is 1. The summed E-state index contributed by atoms with van der Waals surface area (Å²) in [5.41, 5.74) is 8.53. The van der Waals surface area contributed by atoms with Gasteiger partial charge in [0.1, 0.15) is 0 Å². The van der Waals surface area contributed by atoms with Crippen molar-refractivity contribution in [2.75, 3.05) is 29.1 Å². The van der Waals surface area contributed by atoms with Crippen molar-refractivity contribution in [3.05, 3.63) is 22.2 Å². The first-order valence-corrected chi connectivity index (χ1v) is 8.49. The van der Waals surface area contributed by atoms with E-state index in [4.69, 9.17) is 5.73 Å². The molecule has 1 saturated heterocycles. The highest BCUT2D eigenvalue weighted by atomic mass is 79.9. The molecular weight excluding hydrogens is 316 g/mol. The van der Waals surface area contributed by atoms with Crippen molar-refractivity contribution < 1.29 is 8.42 Å². The summed E-state index contributed by atoms with van der Waals surface area (Å²) in [4.78, 5) is 0. The minimum atomic E-state index is -2.80. The Morgan fingerprint density at radius 3 is 2.83 bits per heavy atom. The molecule has 3 N–H and O–H groups in total. The van der Waals surface area contributed by atoms with Crippen LogP contribution in [0.1, 0.15) is 12.0 Å². The van der Waals surface area contributed by atoms with Crippen molar-refractivity contribution in [1.29, 1.82) is 0 Å². The van der Waals surface area contributed by atoms with E-state index in [1.807, 2.05) is 19.1 Å². The van der Waals surface area contributed by atoms with E-state index in [9.17, 15) is 8.42 Å². The number of rotatable bonds is 3. The van der Waals surface area contributed by atoms with Crippen molar-refractivity contribution in [1.82, 2.24) is 0 Å². The van der Waals surface area contributed by atoms with E-state index in [0.29, 0.717) is 18.1 Å². The van der Waals surface area contributed by atoms with Crippen molar-refractivity contribution in [3.8, 4) is 0 Å². The Morgan fingerprint density at radius 1 is 1.50 bits per heavy atom. The Bertz CT molecular complexity index is 557. The molecule has 0 aromatic heterocycles. The highest BCUT2D eigenvalue weighted by molar-refractivity contribution is 9.10. The highest BCUT2D eigenvalue weighted by Gasteiger charge is 2.27. The number of nitrogens with one attached hydrogen (secondary N) is 1. The van der Waals surface area contributed by atoms with Crippen LogP contribution in [-0.4, -0.2) is 26.5 Å². The van der Waals surface area contributed by atoms with E-state index < -0.39 is 9.84 Å². The van der Waals surface area contributed by atoms with Crippen LogP contribution in [0.4, 0.5) is 11.4 Å². The van der Waals surface area contributed by atoms with E-state index in [1.165, 1.54) is 0 Å². The van der Waals surface area contributed by atoms with Crippen LogP contribution in [0.5, 0.6) is 0 Å². The summed E-state index contributed by atoms with van der Waals surface area (Å²) in [6.45, 7) is 2.63. The fourth-order valence-corrected chi connectivity index (χ4v) is 4.48. The van der Waals surface area contributed by atoms with Gasteiger partial charge in [0.15, 0.2) is 9.84 Å². The zero-order chi connectivity index (χ0) is 13.3. The van der Waals surface area contributed by atoms with E-state index in [2.05, 4.69) is 21.2 Å². The first kappa shape index (κ1) is 13.7. The maximum atomic E-state index is 11.4. The molecule has 1 unspecified atom stereocenters. The molecule has 1 aliphatic heterocycles. The molecule has 1 aromatic carbocycles. The first-order valence-electron chi connectivity index (χ1n) is 5.87. The Labute approximate surface area is 116 Å². The van der Waals surface area contributed by atoms with Gasteiger partial charge in [-0.2, -0.15) is 0 Å². The Morgan fingerprint density at radius 2 is 2.22 bits per heavy atom. The molecule has 6 heteroatoms. The average Bonchev–Trinajstić information content (AvgIpc) is 2.62. The van der Waals surface area contributed by atoms with E-state index in [1.54, 1.807) is 0 Å². The molecule has 1 aliphatic rings. The molecule has 1 heterocycles. The number of aryl methyl sites for hydroxylation is 1. The zero-order valence-electron chi connectivity index (χ0n) is 10.2. The Hall–Kier alpha value is -0.750. The Kier molecular flexibility index (Phi) is 3.87. The fraction of sp³-hybridized carbons (Fsp3) is 0.500. The maximum absolute atomic E-state index is 11.4. The molecule has 0 bridgehead atoms. The summed E-state index contributed by atoms with van der Waals surface area (Å²) in [5, 5.41) is 3.29. The molecule has 0 spiro atoms. The van der Waals surface area contributed by atoms with Gasteiger partial charge in [-0.3, -0.25) is 0 Å². The molecule has 2 rings (SSSR count). The minimum absolute atomic E-state index is 0.208. The van der Waals surface area contributed by atoms with E-state index >= 15 is 0 Å². The molecule has 1 aromatic rings. The lowest BCUT2D eigenvalue weighted by atomic mass is 10.1. The van der Waals surface area contributed by atoms with Gasteiger partial charge in [0.05, 0.1) is 11.5 Å². The van der Waals surface area contributed by atoms with Gasteiger partial charge in [0.25, 0.3) is 0 Å². The molecule has 0 amide bonds. The van der Waals surface area contributed by atoms with Crippen LogP contribution in [0.3, 0.4) is 0 Å². The second-order valence-electron chi connectivity index (χ2n) is 4.84. The maximum Gasteiger partial charge on any atom is 0.150 e. The van der Waals surface area contributed by atoms with Gasteiger partial charge < -0.3 is 11.1 Å². The number of hydrogen-bond donors (Lipinski definition) is 2. The standard InChI is InChI=1S/C12H17BrN2O2S/c1-8-4-12(10(13)5-11(8)14)15-6-9-2-3-18(16,17)7-9/h4-5,9,15H,2-3,6-7,14H2,1H3. The summed E-state index contributed by atoms with van der Waals surface area (Å²) in [7, 11) is -2.80. The summed E-state index contributed by atoms with van der Waals surface area (Å²) < 4.78 is 23.6. The highest BCUT2D eigenvalue weighted by Crippen LogP contribution is 2.28. The molecule has 1 fully saturated rings. The summed E-state index contributed by atoms with van der Waals surface area (Å²) in [5.74, 6) is 0.826. The molecular formula is C12H17BrN2O2S. The van der Waals surface area contributed by atoms with Crippen LogP contribution >= 0.6 is 15.9 Å². The van der Waals surface area contributed by atoms with Crippen LogP contribution < -0.4 is 11.1 Å². The van der Waals surface area contributed by atoms with Crippen LogP contribution in [0.25, 0.3) is 0 Å². The van der Waals surface area contributed by atoms with Crippen LogP contribution in [0, 0.1) is 12.8 Å². The number of halogens is 1. The number of benzene rings is 1. The van der Waals surface area contributed by atoms with Gasteiger partial charge in [-0.05, 0) is 52.9 Å². The summed E-state index contributed by atoms with van der Waals surface area (Å²) in [6.07, 6.45) is 0.751. The quantitative estimate of drug-likeness (QED) is 0.832. The topological polar surface area (TPSA) is 72.2 Å². The third-order valence-electron chi connectivity index (χ3n) is 3.26. The number of nitrogens with two attached hydrogens (primary N) is 1. The molecule has 1 atom stereocenters. The third-order valence-corrected chi connectivity index (χ3v) is 5.76. The van der Waals surface area contributed by atoms with Gasteiger partial charge in [-0.25, -0.2) is 8.42 Å². The first-order chi connectivity index (χ1) is 8.37. The van der Waals surface area contributed by atoms with Gasteiger partial charge in [-0.1, -0.05) is 0 Å². The molecule has 0 saturated carbocycles. The molecule has 100 valence electrons. The largest absolute Gasteiger partial charge is 0.398 e. The molecule has 0 radical (unpaired) electrons. The minimum Gasteiger partial charge on any atom is -0.398 e. The van der Waals surface area contributed by atoms with Crippen molar-refractivity contribution >= 4 is 37.1 Å². The van der Waals surface area contributed by atoms with Gasteiger partial charge in [0.2, 0.25) is 0 Å². The predicted molar refractivity (Wildman–Crippen MR) is 78.5 cm³/mol. The molecule has 4 nitrogen and oxygen atoms in total. The molecule has 0 aliphatic carbocycles. The van der Waals surface area contributed by atoms with Crippen molar-refractivity contribution in [2.45, 2.75) is 13.3 Å². The van der Waals surface area contributed by atoms with Crippen LogP contribution in [0.2, 0.25) is 0 Å². The summed E-state index contributed by atoms with van der Waals surface area (Å²) in [6, 6.07) is 3.84. The van der Waals surface area contributed by atoms with Gasteiger partial charge in [0, 0.05) is 22.4 Å². The summed E-state index contributed by atoms with van der Waals surface area (Å²) >= 11 is 3.45. The Balaban J connectivity index is 2.01. The lowest BCUT2D eigenvalue weighted by Crippen LogP contribution is -2.16. The van der Waals surface area contributed by atoms with E-state index in [0.717, 1.165) is 27.8 Å². The van der Waals surface area contributed by atoms with Gasteiger partial charge in [-0.15, -0.1) is 0 Å². The van der Waals surface area contributed by atoms with Crippen molar-refractivity contribution in [2.24, 2.45) is 5.92 Å². The SMILES string of the molecule is Cc1cc(NCC2CCS(=O)(=O)C2)c(Br)cc1N.